The van der Waals surface area contributed by atoms with Crippen molar-refractivity contribution in [2.24, 2.45) is 0 Å². The van der Waals surface area contributed by atoms with Crippen LogP contribution in [0.4, 0.5) is 0 Å². The topological polar surface area (TPSA) is 46.3 Å². The van der Waals surface area contributed by atoms with Crippen molar-refractivity contribution < 1.29 is 9.21 Å². The van der Waals surface area contributed by atoms with Crippen molar-refractivity contribution in [1.29, 1.82) is 0 Å². The van der Waals surface area contributed by atoms with Crippen molar-refractivity contribution >= 4 is 21.8 Å². The third-order valence-electron chi connectivity index (χ3n) is 3.45. The summed E-state index contributed by atoms with van der Waals surface area (Å²) in [5.41, 5.74) is 1.72. The standard InChI is InChI=1S/C14H13BrN2O2/c15-13-11(5-9-19-13)14(18)17-8-1-2-12(17)10-3-6-16-7-4-10/h3-7,9,12H,1-2,8H2. The Balaban J connectivity index is 1.88. The summed E-state index contributed by atoms with van der Waals surface area (Å²) in [6.07, 6.45) is 7.07. The highest BCUT2D eigenvalue weighted by Gasteiger charge is 2.31. The zero-order valence-electron chi connectivity index (χ0n) is 10.3. The molecule has 1 atom stereocenters. The number of aromatic nitrogens is 1. The van der Waals surface area contributed by atoms with E-state index in [0.29, 0.717) is 10.2 Å². The number of nitrogens with zero attached hydrogens (tertiary/aromatic N) is 2. The van der Waals surface area contributed by atoms with Gasteiger partial charge in [0.2, 0.25) is 0 Å². The molecule has 0 saturated carbocycles. The van der Waals surface area contributed by atoms with Crippen LogP contribution in [-0.2, 0) is 0 Å². The van der Waals surface area contributed by atoms with Crippen molar-refractivity contribution in [3.8, 4) is 0 Å². The molecule has 0 radical (unpaired) electrons. The second-order valence-electron chi connectivity index (χ2n) is 4.55. The van der Waals surface area contributed by atoms with Gasteiger partial charge < -0.3 is 9.32 Å². The minimum absolute atomic E-state index is 0.0138. The van der Waals surface area contributed by atoms with Crippen LogP contribution in [0.15, 0.2) is 45.9 Å². The van der Waals surface area contributed by atoms with Gasteiger partial charge in [0.25, 0.3) is 5.91 Å². The van der Waals surface area contributed by atoms with E-state index >= 15 is 0 Å². The number of rotatable bonds is 2. The van der Waals surface area contributed by atoms with Gasteiger partial charge in [0, 0.05) is 18.9 Å². The predicted molar refractivity (Wildman–Crippen MR) is 73.7 cm³/mol. The highest BCUT2D eigenvalue weighted by Crippen LogP contribution is 2.34. The normalized spacial score (nSPS) is 18.8. The van der Waals surface area contributed by atoms with Crippen molar-refractivity contribution in [3.05, 3.63) is 52.7 Å². The highest BCUT2D eigenvalue weighted by molar-refractivity contribution is 9.10. The molecule has 2 aromatic rings. The molecule has 1 unspecified atom stereocenters. The van der Waals surface area contributed by atoms with Gasteiger partial charge in [0.15, 0.2) is 4.67 Å². The van der Waals surface area contributed by atoms with E-state index in [1.807, 2.05) is 17.0 Å². The summed E-state index contributed by atoms with van der Waals surface area (Å²) in [5, 5.41) is 0. The zero-order valence-corrected chi connectivity index (χ0v) is 11.8. The maximum Gasteiger partial charge on any atom is 0.258 e. The van der Waals surface area contributed by atoms with Gasteiger partial charge in [-0.1, -0.05) is 0 Å². The van der Waals surface area contributed by atoms with Crippen molar-refractivity contribution in [2.45, 2.75) is 18.9 Å². The first-order chi connectivity index (χ1) is 9.27. The fourth-order valence-electron chi connectivity index (χ4n) is 2.54. The molecule has 2 aromatic heterocycles. The van der Waals surface area contributed by atoms with E-state index in [4.69, 9.17) is 4.42 Å². The maximum absolute atomic E-state index is 12.5. The smallest absolute Gasteiger partial charge is 0.258 e. The van der Waals surface area contributed by atoms with Crippen LogP contribution >= 0.6 is 15.9 Å². The number of halogens is 1. The van der Waals surface area contributed by atoms with E-state index < -0.39 is 0 Å². The molecule has 0 spiro atoms. The maximum atomic E-state index is 12.5. The van der Waals surface area contributed by atoms with Crippen LogP contribution in [0, 0.1) is 0 Å². The minimum atomic E-state index is 0.0138. The largest absolute Gasteiger partial charge is 0.457 e. The van der Waals surface area contributed by atoms with Crippen LogP contribution in [0.1, 0.15) is 34.8 Å². The van der Waals surface area contributed by atoms with Gasteiger partial charge in [-0.15, -0.1) is 0 Å². The lowest BCUT2D eigenvalue weighted by Gasteiger charge is -2.24. The molecule has 0 aliphatic carbocycles. The molecule has 3 rings (SSSR count). The zero-order chi connectivity index (χ0) is 13.2. The number of hydrogen-bond acceptors (Lipinski definition) is 3. The van der Waals surface area contributed by atoms with Crippen LogP contribution in [0.2, 0.25) is 0 Å². The second kappa shape index (κ2) is 5.17. The van der Waals surface area contributed by atoms with Gasteiger partial charge in [-0.05, 0) is 52.5 Å². The lowest BCUT2D eigenvalue weighted by atomic mass is 10.1. The Morgan fingerprint density at radius 1 is 1.37 bits per heavy atom. The van der Waals surface area contributed by atoms with Gasteiger partial charge in [0.05, 0.1) is 17.9 Å². The number of carbonyl (C=O) groups is 1. The van der Waals surface area contributed by atoms with Crippen LogP contribution in [-0.4, -0.2) is 22.3 Å². The second-order valence-corrected chi connectivity index (χ2v) is 5.27. The Hall–Kier alpha value is -1.62. The van der Waals surface area contributed by atoms with Gasteiger partial charge in [-0.2, -0.15) is 0 Å². The van der Waals surface area contributed by atoms with Gasteiger partial charge in [0.1, 0.15) is 0 Å². The Morgan fingerprint density at radius 2 is 2.16 bits per heavy atom. The molecule has 98 valence electrons. The molecule has 19 heavy (non-hydrogen) atoms. The third-order valence-corrected chi connectivity index (χ3v) is 4.07. The SMILES string of the molecule is O=C(c1ccoc1Br)N1CCCC1c1ccncc1. The molecule has 3 heterocycles. The first kappa shape index (κ1) is 12.4. The van der Waals surface area contributed by atoms with Crippen molar-refractivity contribution in [3.63, 3.8) is 0 Å². The number of carbonyl (C=O) groups excluding carboxylic acids is 1. The average molecular weight is 321 g/mol. The van der Waals surface area contributed by atoms with E-state index in [0.717, 1.165) is 24.9 Å². The van der Waals surface area contributed by atoms with E-state index in [1.54, 1.807) is 18.5 Å². The summed E-state index contributed by atoms with van der Waals surface area (Å²) >= 11 is 3.27. The van der Waals surface area contributed by atoms with Crippen LogP contribution < -0.4 is 0 Å². The van der Waals surface area contributed by atoms with Crippen LogP contribution in [0.5, 0.6) is 0 Å². The van der Waals surface area contributed by atoms with Crippen LogP contribution in [0.3, 0.4) is 0 Å². The molecule has 1 aliphatic heterocycles. The van der Waals surface area contributed by atoms with Gasteiger partial charge in [-0.25, -0.2) is 0 Å². The van der Waals surface area contributed by atoms with Crippen molar-refractivity contribution in [2.75, 3.05) is 6.54 Å². The molecule has 0 bridgehead atoms. The Morgan fingerprint density at radius 3 is 2.84 bits per heavy atom. The first-order valence-corrected chi connectivity index (χ1v) is 7.00. The number of pyridine rings is 1. The van der Waals surface area contributed by atoms with Crippen molar-refractivity contribution in [1.82, 2.24) is 9.88 Å². The van der Waals surface area contributed by atoms with E-state index in [9.17, 15) is 4.79 Å². The average Bonchev–Trinajstić information content (AvgIpc) is 3.07. The molecule has 1 amide bonds. The molecule has 5 heteroatoms. The molecule has 0 aromatic carbocycles. The first-order valence-electron chi connectivity index (χ1n) is 6.21. The summed E-state index contributed by atoms with van der Waals surface area (Å²) in [6, 6.07) is 5.78. The Labute approximate surface area is 119 Å². The molecular weight excluding hydrogens is 308 g/mol. The number of likely N-dealkylation sites (tertiary alicyclic amines) is 1. The number of furan rings is 1. The highest BCUT2D eigenvalue weighted by atomic mass is 79.9. The quantitative estimate of drug-likeness (QED) is 0.851. The molecule has 4 nitrogen and oxygen atoms in total. The molecule has 1 aliphatic rings. The fourth-order valence-corrected chi connectivity index (χ4v) is 2.95. The summed E-state index contributed by atoms with van der Waals surface area (Å²) < 4.78 is 5.64. The predicted octanol–water partition coefficient (Wildman–Crippen LogP) is 3.41. The monoisotopic (exact) mass is 320 g/mol. The molecule has 0 N–H and O–H groups in total. The molecule has 1 fully saturated rings. The molecule has 1 saturated heterocycles. The molecular formula is C14H13BrN2O2. The number of amides is 1. The minimum Gasteiger partial charge on any atom is -0.457 e. The van der Waals surface area contributed by atoms with E-state index in [2.05, 4.69) is 20.9 Å². The lowest BCUT2D eigenvalue weighted by Crippen LogP contribution is -2.30. The van der Waals surface area contributed by atoms with E-state index in [-0.39, 0.29) is 11.9 Å². The van der Waals surface area contributed by atoms with Gasteiger partial charge >= 0.3 is 0 Å². The fraction of sp³-hybridized carbons (Fsp3) is 0.286. The Bertz CT molecular complexity index is 582. The number of hydrogen-bond donors (Lipinski definition) is 0. The summed E-state index contributed by atoms with van der Waals surface area (Å²) in [5.74, 6) is 0.0138. The summed E-state index contributed by atoms with van der Waals surface area (Å²) in [6.45, 7) is 0.781. The van der Waals surface area contributed by atoms with E-state index in [1.165, 1.54) is 6.26 Å². The van der Waals surface area contributed by atoms with Crippen LogP contribution in [0.25, 0.3) is 0 Å². The summed E-state index contributed by atoms with van der Waals surface area (Å²) in [7, 11) is 0. The van der Waals surface area contributed by atoms with Gasteiger partial charge in [-0.3, -0.25) is 9.78 Å². The Kier molecular flexibility index (Phi) is 3.38. The third kappa shape index (κ3) is 2.30. The lowest BCUT2D eigenvalue weighted by molar-refractivity contribution is 0.0733. The summed E-state index contributed by atoms with van der Waals surface area (Å²) in [4.78, 5) is 18.5.